The molecule has 0 spiro atoms. The quantitative estimate of drug-likeness (QED) is 0.719. The molecule has 0 unspecified atom stereocenters. The van der Waals surface area contributed by atoms with Gasteiger partial charge in [-0.1, -0.05) is 4.89 Å². The number of hydrogen-bond acceptors (Lipinski definition) is 5. The number of halogens is 1. The second-order valence-electron chi connectivity index (χ2n) is 3.47. The van der Waals surface area contributed by atoms with Crippen molar-refractivity contribution in [3.8, 4) is 0 Å². The highest BCUT2D eigenvalue weighted by Crippen LogP contribution is 2.31. The molecule has 1 amide bonds. The monoisotopic (exact) mass is 342 g/mol. The van der Waals surface area contributed by atoms with Crippen molar-refractivity contribution in [3.63, 3.8) is 0 Å². The average Bonchev–Trinajstić information content (AvgIpc) is 2.60. The summed E-state index contributed by atoms with van der Waals surface area (Å²) in [6.45, 7) is 3.60. The van der Waals surface area contributed by atoms with Gasteiger partial charge in [-0.3, -0.25) is 4.79 Å². The van der Waals surface area contributed by atoms with Crippen molar-refractivity contribution in [3.05, 3.63) is 15.4 Å². The third-order valence-corrected chi connectivity index (χ3v) is 5.60. The predicted molar refractivity (Wildman–Crippen MR) is 66.7 cm³/mol. The first-order chi connectivity index (χ1) is 7.77. The van der Waals surface area contributed by atoms with E-state index in [0.29, 0.717) is 0 Å². The summed E-state index contributed by atoms with van der Waals surface area (Å²) >= 11 is 3.80. The molecule has 0 bridgehead atoms. The molecular formula is C8H11BrN2O4S2. The number of amides is 1. The van der Waals surface area contributed by atoms with Crippen LogP contribution in [0.25, 0.3) is 0 Å². The molecule has 0 aromatic carbocycles. The van der Waals surface area contributed by atoms with Crippen molar-refractivity contribution >= 4 is 43.2 Å². The first kappa shape index (κ1) is 14.6. The van der Waals surface area contributed by atoms with Gasteiger partial charge in [0.05, 0.1) is 4.88 Å². The Hall–Kier alpha value is -0.480. The molecule has 0 fully saturated rings. The van der Waals surface area contributed by atoms with E-state index < -0.39 is 10.0 Å². The maximum atomic E-state index is 11.6. The molecule has 0 aliphatic carbocycles. The summed E-state index contributed by atoms with van der Waals surface area (Å²) in [6.07, 6.45) is 0. The van der Waals surface area contributed by atoms with Gasteiger partial charge in [-0.25, -0.2) is 8.42 Å². The van der Waals surface area contributed by atoms with Crippen LogP contribution in [0.15, 0.2) is 14.7 Å². The minimum atomic E-state index is -3.97. The molecule has 0 radical (unpaired) electrons. The van der Waals surface area contributed by atoms with E-state index in [4.69, 9.17) is 5.21 Å². The highest BCUT2D eigenvalue weighted by atomic mass is 79.9. The lowest BCUT2D eigenvalue weighted by Crippen LogP contribution is -2.29. The number of nitrogens with one attached hydrogen (secondary N) is 2. The van der Waals surface area contributed by atoms with Gasteiger partial charge in [-0.05, 0) is 35.8 Å². The van der Waals surface area contributed by atoms with Gasteiger partial charge in [0.15, 0.2) is 4.21 Å². The fourth-order valence-corrected chi connectivity index (χ4v) is 4.19. The van der Waals surface area contributed by atoms with E-state index in [1.165, 1.54) is 11.0 Å². The minimum Gasteiger partial charge on any atom is -0.349 e. The molecule has 0 aliphatic heterocycles. The third-order valence-electron chi connectivity index (χ3n) is 1.66. The Morgan fingerprint density at radius 2 is 2.12 bits per heavy atom. The lowest BCUT2D eigenvalue weighted by molar-refractivity contribution is 0.0947. The molecule has 0 aliphatic rings. The van der Waals surface area contributed by atoms with Gasteiger partial charge in [-0.15, -0.1) is 11.3 Å². The topological polar surface area (TPSA) is 95.5 Å². The summed E-state index contributed by atoms with van der Waals surface area (Å²) in [7, 11) is -3.97. The first-order valence-electron chi connectivity index (χ1n) is 4.54. The van der Waals surface area contributed by atoms with Gasteiger partial charge in [0.25, 0.3) is 15.9 Å². The van der Waals surface area contributed by atoms with Crippen LogP contribution in [0, 0.1) is 0 Å². The number of hydrogen-bond donors (Lipinski definition) is 3. The molecule has 6 nitrogen and oxygen atoms in total. The molecule has 1 aromatic heterocycles. The molecule has 3 N–H and O–H groups in total. The van der Waals surface area contributed by atoms with Crippen LogP contribution in [0.1, 0.15) is 23.5 Å². The minimum absolute atomic E-state index is 0.0422. The zero-order valence-corrected chi connectivity index (χ0v) is 12.2. The van der Waals surface area contributed by atoms with Crippen LogP contribution < -0.4 is 10.2 Å². The largest absolute Gasteiger partial charge is 0.349 e. The van der Waals surface area contributed by atoms with Gasteiger partial charge >= 0.3 is 0 Å². The van der Waals surface area contributed by atoms with Crippen molar-refractivity contribution in [2.75, 3.05) is 0 Å². The number of rotatable bonds is 4. The maximum Gasteiger partial charge on any atom is 0.272 e. The summed E-state index contributed by atoms with van der Waals surface area (Å²) in [5, 5.41) is 11.2. The van der Waals surface area contributed by atoms with Crippen LogP contribution in [-0.4, -0.2) is 25.6 Å². The fraction of sp³-hybridized carbons (Fsp3) is 0.375. The van der Waals surface area contributed by atoms with Gasteiger partial charge in [0, 0.05) is 10.5 Å². The van der Waals surface area contributed by atoms with Crippen LogP contribution in [0.2, 0.25) is 0 Å². The van der Waals surface area contributed by atoms with Crippen molar-refractivity contribution in [1.29, 1.82) is 0 Å². The second kappa shape index (κ2) is 5.44. The van der Waals surface area contributed by atoms with E-state index in [9.17, 15) is 13.2 Å². The van der Waals surface area contributed by atoms with Crippen molar-refractivity contribution in [2.24, 2.45) is 0 Å². The summed E-state index contributed by atoms with van der Waals surface area (Å²) in [5.41, 5.74) is 0. The normalized spacial score (nSPS) is 11.8. The standard InChI is InChI=1S/C8H11BrN2O4S2/c1-4(2)10-7(12)6-3-5(9)8(16-6)17(14,15)11-13/h3-4,11,13H,1-2H3,(H,10,12). The summed E-state index contributed by atoms with van der Waals surface area (Å²) in [4.78, 5) is 13.1. The molecule has 1 rings (SSSR count). The number of thiophene rings is 1. The Morgan fingerprint density at radius 1 is 1.53 bits per heavy atom. The Morgan fingerprint density at radius 3 is 2.59 bits per heavy atom. The smallest absolute Gasteiger partial charge is 0.272 e. The van der Waals surface area contributed by atoms with Crippen molar-refractivity contribution in [1.82, 2.24) is 10.2 Å². The maximum absolute atomic E-state index is 11.6. The Balaban J connectivity index is 3.09. The zero-order valence-electron chi connectivity index (χ0n) is 9.02. The van der Waals surface area contributed by atoms with Gasteiger partial charge in [0.2, 0.25) is 0 Å². The van der Waals surface area contributed by atoms with E-state index in [1.807, 2.05) is 0 Å². The second-order valence-corrected chi connectivity index (χ2v) is 7.23. The summed E-state index contributed by atoms with van der Waals surface area (Å²) < 4.78 is 22.8. The summed E-state index contributed by atoms with van der Waals surface area (Å²) in [6, 6.07) is 1.35. The molecule has 0 saturated carbocycles. The lowest BCUT2D eigenvalue weighted by Gasteiger charge is -2.05. The molecule has 1 aromatic rings. The lowest BCUT2D eigenvalue weighted by atomic mass is 10.3. The molecule has 9 heteroatoms. The van der Waals surface area contributed by atoms with Crippen LogP contribution in [0.4, 0.5) is 0 Å². The van der Waals surface area contributed by atoms with Crippen LogP contribution in [0.5, 0.6) is 0 Å². The van der Waals surface area contributed by atoms with E-state index >= 15 is 0 Å². The van der Waals surface area contributed by atoms with Gasteiger partial charge < -0.3 is 10.5 Å². The molecule has 17 heavy (non-hydrogen) atoms. The Bertz CT molecular complexity index is 524. The molecule has 96 valence electrons. The SMILES string of the molecule is CC(C)NC(=O)c1cc(Br)c(S(=O)(=O)NO)s1. The van der Waals surface area contributed by atoms with Crippen LogP contribution >= 0.6 is 27.3 Å². The summed E-state index contributed by atoms with van der Waals surface area (Å²) in [5.74, 6) is -0.356. The molecule has 0 atom stereocenters. The van der Waals surface area contributed by atoms with Crippen LogP contribution in [0.3, 0.4) is 0 Å². The number of carbonyl (C=O) groups excluding carboxylic acids is 1. The predicted octanol–water partition coefficient (Wildman–Crippen LogP) is 1.32. The fourth-order valence-electron chi connectivity index (χ4n) is 1.02. The highest BCUT2D eigenvalue weighted by Gasteiger charge is 2.23. The van der Waals surface area contributed by atoms with E-state index in [0.717, 1.165) is 11.3 Å². The Kier molecular flexibility index (Phi) is 4.67. The van der Waals surface area contributed by atoms with E-state index in [1.54, 1.807) is 13.8 Å². The zero-order chi connectivity index (χ0) is 13.2. The number of sulfonamides is 1. The van der Waals surface area contributed by atoms with Crippen molar-refractivity contribution in [2.45, 2.75) is 24.1 Å². The van der Waals surface area contributed by atoms with Gasteiger partial charge in [-0.2, -0.15) is 0 Å². The van der Waals surface area contributed by atoms with Crippen LogP contribution in [-0.2, 0) is 10.0 Å². The first-order valence-corrected chi connectivity index (χ1v) is 7.63. The molecular weight excluding hydrogens is 332 g/mol. The van der Waals surface area contributed by atoms with E-state index in [-0.39, 0.29) is 25.5 Å². The molecule has 0 saturated heterocycles. The van der Waals surface area contributed by atoms with E-state index in [2.05, 4.69) is 21.2 Å². The molecule has 1 heterocycles. The number of carbonyl (C=O) groups is 1. The highest BCUT2D eigenvalue weighted by molar-refractivity contribution is 9.10. The third kappa shape index (κ3) is 3.49. The van der Waals surface area contributed by atoms with Gasteiger partial charge in [0.1, 0.15) is 0 Å². The Labute approximate surface area is 111 Å². The van der Waals surface area contributed by atoms with Crippen molar-refractivity contribution < 1.29 is 18.4 Å². The average molecular weight is 343 g/mol.